The van der Waals surface area contributed by atoms with Crippen LogP contribution in [0.4, 0.5) is 0 Å². The summed E-state index contributed by atoms with van der Waals surface area (Å²) in [6.45, 7) is 1.83. The van der Waals surface area contributed by atoms with E-state index in [1.54, 1.807) is 24.9 Å². The van der Waals surface area contributed by atoms with Gasteiger partial charge in [-0.25, -0.2) is 4.98 Å². The van der Waals surface area contributed by atoms with Crippen molar-refractivity contribution in [3.8, 4) is 11.3 Å². The maximum atomic E-state index is 12.3. The fraction of sp³-hybridized carbons (Fsp3) is 0.176. The minimum atomic E-state index is -0.0757. The molecule has 4 aromatic rings. The number of pyridine rings is 2. The van der Waals surface area contributed by atoms with E-state index in [1.165, 1.54) is 11.3 Å². The van der Waals surface area contributed by atoms with E-state index in [0.717, 1.165) is 27.2 Å². The van der Waals surface area contributed by atoms with Crippen LogP contribution in [-0.4, -0.2) is 35.5 Å². The second kappa shape index (κ2) is 6.14. The van der Waals surface area contributed by atoms with Gasteiger partial charge in [0.15, 0.2) is 10.8 Å². The SMILES string of the molecule is Cc1nnc(C(=O)Cc2cc3cc(-c4cncn4C)cnc3cn2)s1. The minimum Gasteiger partial charge on any atom is -0.334 e. The van der Waals surface area contributed by atoms with Crippen LogP contribution in [0.5, 0.6) is 0 Å². The highest BCUT2D eigenvalue weighted by Crippen LogP contribution is 2.22. The van der Waals surface area contributed by atoms with Crippen LogP contribution >= 0.6 is 11.3 Å². The highest BCUT2D eigenvalue weighted by Gasteiger charge is 2.14. The second-order valence-corrected chi connectivity index (χ2v) is 6.89. The van der Waals surface area contributed by atoms with E-state index < -0.39 is 0 Å². The summed E-state index contributed by atoms with van der Waals surface area (Å²) >= 11 is 1.30. The molecule has 0 aromatic carbocycles. The summed E-state index contributed by atoms with van der Waals surface area (Å²) in [6.07, 6.45) is 7.24. The van der Waals surface area contributed by atoms with Gasteiger partial charge in [0, 0.05) is 29.9 Å². The molecule has 4 rings (SSSR count). The summed E-state index contributed by atoms with van der Waals surface area (Å²) in [5, 5.41) is 9.92. The van der Waals surface area contributed by atoms with Crippen LogP contribution in [0.1, 0.15) is 20.5 Å². The molecule has 0 N–H and O–H groups in total. The number of hydrogen-bond donors (Lipinski definition) is 0. The van der Waals surface area contributed by atoms with E-state index >= 15 is 0 Å². The van der Waals surface area contributed by atoms with E-state index in [-0.39, 0.29) is 12.2 Å². The van der Waals surface area contributed by atoms with Crippen LogP contribution in [0.3, 0.4) is 0 Å². The molecule has 0 aliphatic carbocycles. The average molecular weight is 350 g/mol. The smallest absolute Gasteiger partial charge is 0.199 e. The molecule has 124 valence electrons. The van der Waals surface area contributed by atoms with Gasteiger partial charge in [-0.05, 0) is 19.1 Å². The van der Waals surface area contributed by atoms with Crippen molar-refractivity contribution in [1.29, 1.82) is 0 Å². The maximum Gasteiger partial charge on any atom is 0.199 e. The Balaban J connectivity index is 1.67. The first-order valence-corrected chi connectivity index (χ1v) is 8.46. The Kier molecular flexibility index (Phi) is 3.81. The van der Waals surface area contributed by atoms with Crippen LogP contribution < -0.4 is 0 Å². The first kappa shape index (κ1) is 15.5. The number of fused-ring (bicyclic) bond motifs is 1. The van der Waals surface area contributed by atoms with Crippen molar-refractivity contribution in [2.24, 2.45) is 7.05 Å². The van der Waals surface area contributed by atoms with Crippen LogP contribution in [0.15, 0.2) is 37.1 Å². The number of imidazole rings is 1. The zero-order valence-electron chi connectivity index (χ0n) is 13.7. The van der Waals surface area contributed by atoms with E-state index in [9.17, 15) is 4.79 Å². The van der Waals surface area contributed by atoms with Crippen molar-refractivity contribution in [3.63, 3.8) is 0 Å². The summed E-state index contributed by atoms with van der Waals surface area (Å²) in [5.74, 6) is -0.0757. The predicted octanol–water partition coefficient (Wildman–Crippen LogP) is 2.62. The zero-order valence-corrected chi connectivity index (χ0v) is 14.5. The molecule has 0 radical (unpaired) electrons. The Bertz CT molecular complexity index is 1080. The highest BCUT2D eigenvalue weighted by molar-refractivity contribution is 7.13. The Morgan fingerprint density at radius 1 is 1.16 bits per heavy atom. The molecule has 4 heterocycles. The third kappa shape index (κ3) is 3.03. The van der Waals surface area contributed by atoms with Crippen molar-refractivity contribution in [2.75, 3.05) is 0 Å². The fourth-order valence-electron chi connectivity index (χ4n) is 2.60. The molecule has 0 spiro atoms. The summed E-state index contributed by atoms with van der Waals surface area (Å²) in [5.41, 5.74) is 3.42. The third-order valence-corrected chi connectivity index (χ3v) is 4.72. The lowest BCUT2D eigenvalue weighted by Gasteiger charge is -2.05. The van der Waals surface area contributed by atoms with Crippen molar-refractivity contribution >= 4 is 28.0 Å². The Labute approximate surface area is 147 Å². The van der Waals surface area contributed by atoms with Crippen LogP contribution in [0, 0.1) is 6.92 Å². The van der Waals surface area contributed by atoms with Crippen LogP contribution in [-0.2, 0) is 13.5 Å². The summed E-state index contributed by atoms with van der Waals surface area (Å²) in [6, 6.07) is 3.93. The van der Waals surface area contributed by atoms with E-state index in [4.69, 9.17) is 0 Å². The van der Waals surface area contributed by atoms with Crippen LogP contribution in [0.2, 0.25) is 0 Å². The van der Waals surface area contributed by atoms with Crippen molar-refractivity contribution in [3.05, 3.63) is 52.8 Å². The first-order valence-electron chi connectivity index (χ1n) is 7.65. The van der Waals surface area contributed by atoms with Crippen LogP contribution in [0.25, 0.3) is 22.2 Å². The van der Waals surface area contributed by atoms with Gasteiger partial charge in [-0.2, -0.15) is 0 Å². The normalized spacial score (nSPS) is 11.1. The number of rotatable bonds is 4. The van der Waals surface area contributed by atoms with Gasteiger partial charge in [0.05, 0.1) is 36.4 Å². The zero-order chi connectivity index (χ0) is 17.4. The molecule has 0 bridgehead atoms. The number of nitrogens with zero attached hydrogens (tertiary/aromatic N) is 6. The highest BCUT2D eigenvalue weighted by atomic mass is 32.1. The van der Waals surface area contributed by atoms with Gasteiger partial charge in [-0.3, -0.25) is 14.8 Å². The largest absolute Gasteiger partial charge is 0.334 e. The predicted molar refractivity (Wildman–Crippen MR) is 94.4 cm³/mol. The number of aryl methyl sites for hydroxylation is 2. The molecule has 0 atom stereocenters. The third-order valence-electron chi connectivity index (χ3n) is 3.84. The number of carbonyl (C=O) groups is 1. The summed E-state index contributed by atoms with van der Waals surface area (Å²) in [4.78, 5) is 25.2. The van der Waals surface area contributed by atoms with Gasteiger partial charge < -0.3 is 4.57 Å². The molecule has 8 heteroatoms. The van der Waals surface area contributed by atoms with Crippen molar-refractivity contribution in [1.82, 2.24) is 29.7 Å². The quantitative estimate of drug-likeness (QED) is 0.526. The molecule has 0 aliphatic rings. The number of carbonyl (C=O) groups excluding carboxylic acids is 1. The number of Topliss-reactive ketones (excluding diaryl/α,β-unsaturated/α-hetero) is 1. The molecule has 0 saturated carbocycles. The first-order chi connectivity index (χ1) is 12.1. The molecule has 7 nitrogen and oxygen atoms in total. The Morgan fingerprint density at radius 2 is 2.04 bits per heavy atom. The lowest BCUT2D eigenvalue weighted by atomic mass is 10.1. The van der Waals surface area contributed by atoms with Gasteiger partial charge in [0.2, 0.25) is 0 Å². The van der Waals surface area contributed by atoms with Crippen molar-refractivity contribution in [2.45, 2.75) is 13.3 Å². The Hall–Kier alpha value is -3.00. The van der Waals surface area contributed by atoms with E-state index in [2.05, 4.69) is 25.1 Å². The molecule has 0 saturated heterocycles. The number of ketones is 1. The lowest BCUT2D eigenvalue weighted by molar-refractivity contribution is 0.0991. The standard InChI is InChI=1S/C17H14N6OS/c1-10-21-22-17(25-10)16(24)5-13-4-11-3-12(6-20-14(11)7-19-13)15-8-18-9-23(15)2/h3-4,6-9H,5H2,1-2H3. The summed E-state index contributed by atoms with van der Waals surface area (Å²) in [7, 11) is 1.94. The topological polar surface area (TPSA) is 86.5 Å². The number of aromatic nitrogens is 6. The van der Waals surface area contributed by atoms with E-state index in [0.29, 0.717) is 10.7 Å². The van der Waals surface area contributed by atoms with Gasteiger partial charge in [-0.1, -0.05) is 11.3 Å². The van der Waals surface area contributed by atoms with Gasteiger partial charge in [0.1, 0.15) is 5.01 Å². The lowest BCUT2D eigenvalue weighted by Crippen LogP contribution is -2.05. The average Bonchev–Trinajstić information content (AvgIpc) is 3.22. The fourth-order valence-corrected chi connectivity index (χ4v) is 3.23. The molecular weight excluding hydrogens is 336 g/mol. The minimum absolute atomic E-state index is 0.0757. The van der Waals surface area contributed by atoms with Crippen molar-refractivity contribution < 1.29 is 4.79 Å². The van der Waals surface area contributed by atoms with Gasteiger partial charge in [-0.15, -0.1) is 10.2 Å². The monoisotopic (exact) mass is 350 g/mol. The molecule has 4 aromatic heterocycles. The number of hydrogen-bond acceptors (Lipinski definition) is 7. The molecule has 0 amide bonds. The second-order valence-electron chi connectivity index (χ2n) is 5.71. The van der Waals surface area contributed by atoms with Gasteiger partial charge >= 0.3 is 0 Å². The summed E-state index contributed by atoms with van der Waals surface area (Å²) < 4.78 is 1.94. The van der Waals surface area contributed by atoms with E-state index in [1.807, 2.05) is 30.7 Å². The molecular formula is C17H14N6OS. The molecule has 25 heavy (non-hydrogen) atoms. The molecule has 0 unspecified atom stereocenters. The molecule has 0 fully saturated rings. The maximum absolute atomic E-state index is 12.3. The molecule has 0 aliphatic heterocycles. The van der Waals surface area contributed by atoms with Gasteiger partial charge in [0.25, 0.3) is 0 Å². The Morgan fingerprint density at radius 3 is 2.76 bits per heavy atom.